The summed E-state index contributed by atoms with van der Waals surface area (Å²) in [6.45, 7) is 1.77. The standard InChI is InChI=1S/C17H21N7O/c1-11-20-14(23-25-11)12-5-7-13(8-6-12)24-16(19)21-15(18)22-17(24)9-3-2-4-10-17/h5-8H,2-4,9-10H2,1H3,(H4,18,19,21,22). The molecule has 1 aliphatic carbocycles. The summed E-state index contributed by atoms with van der Waals surface area (Å²) in [5.74, 6) is 1.75. The van der Waals surface area contributed by atoms with E-state index in [-0.39, 0.29) is 5.96 Å². The van der Waals surface area contributed by atoms with Gasteiger partial charge < -0.3 is 16.0 Å². The monoisotopic (exact) mass is 339 g/mol. The molecule has 8 heteroatoms. The van der Waals surface area contributed by atoms with E-state index < -0.39 is 5.66 Å². The molecule has 8 nitrogen and oxygen atoms in total. The van der Waals surface area contributed by atoms with Crippen LogP contribution < -0.4 is 16.4 Å². The van der Waals surface area contributed by atoms with Crippen LogP contribution in [-0.2, 0) is 0 Å². The zero-order valence-corrected chi connectivity index (χ0v) is 14.1. The normalized spacial score (nSPS) is 19.6. The lowest BCUT2D eigenvalue weighted by molar-refractivity contribution is 0.305. The molecule has 1 saturated carbocycles. The molecule has 25 heavy (non-hydrogen) atoms. The van der Waals surface area contributed by atoms with Crippen molar-refractivity contribution in [2.24, 2.45) is 21.5 Å². The first-order chi connectivity index (χ1) is 12.1. The molecule has 1 aromatic heterocycles. The second-order valence-electron chi connectivity index (χ2n) is 6.50. The van der Waals surface area contributed by atoms with Gasteiger partial charge >= 0.3 is 0 Å². The summed E-state index contributed by atoms with van der Waals surface area (Å²) < 4.78 is 5.04. The van der Waals surface area contributed by atoms with Crippen molar-refractivity contribution in [2.75, 3.05) is 4.90 Å². The second kappa shape index (κ2) is 5.87. The zero-order chi connectivity index (χ0) is 17.4. The van der Waals surface area contributed by atoms with E-state index in [1.54, 1.807) is 6.92 Å². The highest BCUT2D eigenvalue weighted by molar-refractivity contribution is 6.05. The van der Waals surface area contributed by atoms with Gasteiger partial charge in [0.2, 0.25) is 23.6 Å². The summed E-state index contributed by atoms with van der Waals surface area (Å²) in [6.07, 6.45) is 5.23. The second-order valence-corrected chi connectivity index (χ2v) is 6.50. The molecule has 0 atom stereocenters. The van der Waals surface area contributed by atoms with Crippen LogP contribution in [0.1, 0.15) is 38.0 Å². The molecule has 0 saturated heterocycles. The van der Waals surface area contributed by atoms with E-state index in [2.05, 4.69) is 20.1 Å². The van der Waals surface area contributed by atoms with Gasteiger partial charge in [-0.15, -0.1) is 0 Å². The number of hydrogen-bond donors (Lipinski definition) is 2. The van der Waals surface area contributed by atoms with Crippen molar-refractivity contribution in [1.29, 1.82) is 0 Å². The Morgan fingerprint density at radius 3 is 2.44 bits per heavy atom. The summed E-state index contributed by atoms with van der Waals surface area (Å²) in [5.41, 5.74) is 13.5. The summed E-state index contributed by atoms with van der Waals surface area (Å²) in [4.78, 5) is 15.1. The summed E-state index contributed by atoms with van der Waals surface area (Å²) in [6, 6.07) is 7.86. The van der Waals surface area contributed by atoms with Gasteiger partial charge in [-0.3, -0.25) is 4.90 Å². The van der Waals surface area contributed by atoms with Crippen LogP contribution in [0.15, 0.2) is 38.8 Å². The van der Waals surface area contributed by atoms with Gasteiger partial charge in [0.05, 0.1) is 0 Å². The Labute approximate surface area is 145 Å². The largest absolute Gasteiger partial charge is 0.369 e. The Bertz CT molecular complexity index is 831. The number of nitrogens with two attached hydrogens (primary N) is 2. The smallest absolute Gasteiger partial charge is 0.223 e. The van der Waals surface area contributed by atoms with Gasteiger partial charge in [0.1, 0.15) is 5.66 Å². The fourth-order valence-electron chi connectivity index (χ4n) is 3.67. The SMILES string of the molecule is Cc1nc(-c2ccc(N3C(N)=NC(N)=NC34CCCCC4)cc2)no1. The van der Waals surface area contributed by atoms with Crippen LogP contribution in [0.25, 0.3) is 11.4 Å². The molecule has 4 N–H and O–H groups in total. The fourth-order valence-corrected chi connectivity index (χ4v) is 3.67. The van der Waals surface area contributed by atoms with Crippen LogP contribution in [0.4, 0.5) is 5.69 Å². The number of anilines is 1. The van der Waals surface area contributed by atoms with Crippen LogP contribution in [0.5, 0.6) is 0 Å². The lowest BCUT2D eigenvalue weighted by Gasteiger charge is -2.45. The average Bonchev–Trinajstić information content (AvgIpc) is 3.02. The highest BCUT2D eigenvalue weighted by atomic mass is 16.5. The predicted molar refractivity (Wildman–Crippen MR) is 96.0 cm³/mol. The van der Waals surface area contributed by atoms with Crippen molar-refractivity contribution < 1.29 is 4.52 Å². The van der Waals surface area contributed by atoms with Gasteiger partial charge in [-0.05, 0) is 49.9 Å². The van der Waals surface area contributed by atoms with Crippen molar-refractivity contribution in [2.45, 2.75) is 44.7 Å². The van der Waals surface area contributed by atoms with E-state index in [1.165, 1.54) is 6.42 Å². The highest BCUT2D eigenvalue weighted by Crippen LogP contribution is 2.39. The minimum Gasteiger partial charge on any atom is -0.369 e. The molecule has 0 radical (unpaired) electrons. The quantitative estimate of drug-likeness (QED) is 0.865. The number of benzene rings is 1. The highest BCUT2D eigenvalue weighted by Gasteiger charge is 2.42. The van der Waals surface area contributed by atoms with Gasteiger partial charge in [0, 0.05) is 18.2 Å². The lowest BCUT2D eigenvalue weighted by Crippen LogP contribution is -2.58. The van der Waals surface area contributed by atoms with E-state index in [4.69, 9.17) is 16.0 Å². The first-order valence-electron chi connectivity index (χ1n) is 8.48. The third kappa shape index (κ3) is 2.73. The van der Waals surface area contributed by atoms with Crippen LogP contribution in [-0.4, -0.2) is 27.7 Å². The maximum absolute atomic E-state index is 6.23. The Morgan fingerprint density at radius 2 is 1.80 bits per heavy atom. The lowest BCUT2D eigenvalue weighted by atomic mass is 9.87. The third-order valence-corrected chi connectivity index (χ3v) is 4.76. The van der Waals surface area contributed by atoms with E-state index >= 15 is 0 Å². The maximum Gasteiger partial charge on any atom is 0.223 e. The molecule has 0 unspecified atom stereocenters. The molecule has 1 fully saturated rings. The average molecular weight is 339 g/mol. The van der Waals surface area contributed by atoms with Crippen LogP contribution in [0.3, 0.4) is 0 Å². The number of hydrogen-bond acceptors (Lipinski definition) is 8. The Balaban J connectivity index is 1.70. The number of aromatic nitrogens is 2. The molecule has 0 amide bonds. The Morgan fingerprint density at radius 1 is 1.08 bits per heavy atom. The summed E-state index contributed by atoms with van der Waals surface area (Å²) >= 11 is 0. The van der Waals surface area contributed by atoms with Gasteiger partial charge in [-0.25, -0.2) is 4.99 Å². The molecule has 2 heterocycles. The van der Waals surface area contributed by atoms with E-state index in [1.807, 2.05) is 29.2 Å². The Hall–Kier alpha value is -2.90. The van der Waals surface area contributed by atoms with Crippen LogP contribution >= 0.6 is 0 Å². The number of nitrogens with zero attached hydrogens (tertiary/aromatic N) is 5. The minimum absolute atomic E-state index is 0.259. The van der Waals surface area contributed by atoms with Crippen molar-refractivity contribution in [3.8, 4) is 11.4 Å². The molecule has 0 bridgehead atoms. The molecule has 130 valence electrons. The topological polar surface area (TPSA) is 119 Å². The van der Waals surface area contributed by atoms with Gasteiger partial charge in [0.25, 0.3) is 0 Å². The fraction of sp³-hybridized carbons (Fsp3) is 0.412. The summed E-state index contributed by atoms with van der Waals surface area (Å²) in [7, 11) is 0. The van der Waals surface area contributed by atoms with Crippen molar-refractivity contribution >= 4 is 17.6 Å². The first kappa shape index (κ1) is 15.6. The van der Waals surface area contributed by atoms with Gasteiger partial charge in [0.15, 0.2) is 0 Å². The van der Waals surface area contributed by atoms with Crippen LogP contribution in [0.2, 0.25) is 0 Å². The number of rotatable bonds is 2. The minimum atomic E-state index is -0.432. The molecule has 2 aliphatic rings. The molecule has 1 aliphatic heterocycles. The zero-order valence-electron chi connectivity index (χ0n) is 14.1. The molecular formula is C17H21N7O. The van der Waals surface area contributed by atoms with Crippen molar-refractivity contribution in [1.82, 2.24) is 10.1 Å². The molecule has 4 rings (SSSR count). The molecule has 1 aromatic carbocycles. The summed E-state index contributed by atoms with van der Waals surface area (Å²) in [5, 5.41) is 3.95. The van der Waals surface area contributed by atoms with E-state index in [0.29, 0.717) is 17.7 Å². The third-order valence-electron chi connectivity index (χ3n) is 4.76. The van der Waals surface area contributed by atoms with Crippen LogP contribution in [0, 0.1) is 6.92 Å². The van der Waals surface area contributed by atoms with Crippen molar-refractivity contribution in [3.63, 3.8) is 0 Å². The first-order valence-corrected chi connectivity index (χ1v) is 8.48. The maximum atomic E-state index is 6.23. The van der Waals surface area contributed by atoms with E-state index in [0.717, 1.165) is 36.9 Å². The van der Waals surface area contributed by atoms with Crippen molar-refractivity contribution in [3.05, 3.63) is 30.2 Å². The number of guanidine groups is 2. The van der Waals surface area contributed by atoms with E-state index in [9.17, 15) is 0 Å². The number of aliphatic imine (C=N–C) groups is 2. The van der Waals surface area contributed by atoms with Gasteiger partial charge in [-0.1, -0.05) is 11.6 Å². The Kier molecular flexibility index (Phi) is 3.67. The predicted octanol–water partition coefficient (Wildman–Crippen LogP) is 2.15. The molecule has 1 spiro atoms. The number of aryl methyl sites for hydroxylation is 1. The molecule has 2 aromatic rings. The van der Waals surface area contributed by atoms with Gasteiger partial charge in [-0.2, -0.15) is 9.98 Å². The molecular weight excluding hydrogens is 318 g/mol.